The molecule has 10 heteroatoms. The lowest BCUT2D eigenvalue weighted by molar-refractivity contribution is 0.414. The predicted molar refractivity (Wildman–Crippen MR) is 134 cm³/mol. The van der Waals surface area contributed by atoms with Crippen molar-refractivity contribution < 1.29 is 14.9 Å². The van der Waals surface area contributed by atoms with E-state index in [2.05, 4.69) is 32.7 Å². The number of phenolic OH excluding ortho intramolecular Hbond substituents is 2. The topological polar surface area (TPSA) is 101 Å². The van der Waals surface area contributed by atoms with Crippen LogP contribution in [0, 0.1) is 0 Å². The van der Waals surface area contributed by atoms with Gasteiger partial charge in [-0.2, -0.15) is 0 Å². The minimum Gasteiger partial charge on any atom is -0.508 e. The molecule has 0 aliphatic carbocycles. The van der Waals surface area contributed by atoms with Crippen LogP contribution in [0.1, 0.15) is 25.3 Å². The van der Waals surface area contributed by atoms with Crippen LogP contribution in [-0.4, -0.2) is 55.2 Å². The summed E-state index contributed by atoms with van der Waals surface area (Å²) in [5, 5.41) is 29.7. The van der Waals surface area contributed by atoms with Gasteiger partial charge in [-0.3, -0.25) is 4.57 Å². The summed E-state index contributed by atoms with van der Waals surface area (Å²) in [5.74, 6) is 1.15. The maximum atomic E-state index is 10.6. The van der Waals surface area contributed by atoms with Crippen molar-refractivity contribution in [3.8, 4) is 34.3 Å². The quantitative estimate of drug-likeness (QED) is 0.326. The number of hydrogen-bond donors (Lipinski definition) is 3. The average molecular weight is 481 g/mol. The van der Waals surface area contributed by atoms with Gasteiger partial charge in [0.05, 0.1) is 30.4 Å². The Morgan fingerprint density at radius 2 is 1.91 bits per heavy atom. The fourth-order valence-electron chi connectivity index (χ4n) is 3.84. The van der Waals surface area contributed by atoms with Gasteiger partial charge in [0.1, 0.15) is 17.2 Å². The Morgan fingerprint density at radius 1 is 1.12 bits per heavy atom. The summed E-state index contributed by atoms with van der Waals surface area (Å²) in [6.07, 6.45) is 5.47. The maximum absolute atomic E-state index is 10.6. The normalized spacial score (nSPS) is 11.2. The molecule has 0 spiro atoms. The number of aromatic hydroxyl groups is 2. The Labute approximate surface area is 203 Å². The Hall–Kier alpha value is -3.66. The number of phenols is 2. The molecule has 2 aromatic heterocycles. The number of likely N-dealkylation sites (N-methyl/N-ethyl adjacent to an activating group) is 1. The number of rotatable bonds is 8. The second-order valence-electron chi connectivity index (χ2n) is 8.32. The third-order valence-electron chi connectivity index (χ3n) is 5.74. The summed E-state index contributed by atoms with van der Waals surface area (Å²) in [5.41, 5.74) is 2.80. The lowest BCUT2D eigenvalue weighted by Crippen LogP contribution is -2.23. The van der Waals surface area contributed by atoms with Gasteiger partial charge in [0.25, 0.3) is 0 Å². The number of ether oxygens (including phenoxy) is 1. The average Bonchev–Trinajstić information content (AvgIpc) is 3.46. The van der Waals surface area contributed by atoms with E-state index in [1.54, 1.807) is 30.3 Å². The highest BCUT2D eigenvalue weighted by molar-refractivity contribution is 7.80. The van der Waals surface area contributed by atoms with E-state index >= 15 is 0 Å². The number of thiol groups is 1. The van der Waals surface area contributed by atoms with Crippen LogP contribution in [0.25, 0.3) is 17.1 Å². The van der Waals surface area contributed by atoms with E-state index in [1.165, 1.54) is 6.07 Å². The molecule has 0 fully saturated rings. The Bertz CT molecular complexity index is 1290. The van der Waals surface area contributed by atoms with Crippen LogP contribution >= 0.6 is 12.6 Å². The van der Waals surface area contributed by atoms with Crippen molar-refractivity contribution in [1.29, 1.82) is 0 Å². The molecule has 4 aromatic rings. The second-order valence-corrected chi connectivity index (χ2v) is 8.72. The van der Waals surface area contributed by atoms with E-state index in [4.69, 9.17) is 4.74 Å². The molecule has 0 radical (unpaired) electrons. The minimum absolute atomic E-state index is 0.0414. The SMILES string of the molecule is COc1ccc(-n2c(S)nnc2-c2cc(C(C)C)c(O)cc2O)cc1N(C)CCn1ccnc1. The molecular weight excluding hydrogens is 452 g/mol. The second kappa shape index (κ2) is 9.68. The molecule has 2 aromatic carbocycles. The summed E-state index contributed by atoms with van der Waals surface area (Å²) < 4.78 is 9.37. The minimum atomic E-state index is -0.0879. The largest absolute Gasteiger partial charge is 0.508 e. The van der Waals surface area contributed by atoms with Crippen molar-refractivity contribution in [3.63, 3.8) is 0 Å². The fourth-order valence-corrected chi connectivity index (χ4v) is 4.10. The van der Waals surface area contributed by atoms with Crippen molar-refractivity contribution >= 4 is 18.3 Å². The predicted octanol–water partition coefficient (Wildman–Crippen LogP) is 4.10. The Morgan fingerprint density at radius 3 is 2.59 bits per heavy atom. The molecule has 2 heterocycles. The molecule has 2 N–H and O–H groups in total. The first-order valence-electron chi connectivity index (χ1n) is 10.9. The van der Waals surface area contributed by atoms with E-state index in [9.17, 15) is 10.2 Å². The van der Waals surface area contributed by atoms with Gasteiger partial charge in [0.2, 0.25) is 0 Å². The van der Waals surface area contributed by atoms with Gasteiger partial charge in [0.15, 0.2) is 11.0 Å². The highest BCUT2D eigenvalue weighted by atomic mass is 32.1. The molecule has 4 rings (SSSR count). The molecule has 0 aliphatic heterocycles. The summed E-state index contributed by atoms with van der Waals surface area (Å²) in [7, 11) is 3.63. The molecule has 0 saturated heterocycles. The third kappa shape index (κ3) is 4.54. The van der Waals surface area contributed by atoms with E-state index < -0.39 is 0 Å². The molecular formula is C24H28N6O3S. The van der Waals surface area contributed by atoms with E-state index in [0.717, 1.165) is 30.2 Å². The van der Waals surface area contributed by atoms with Crippen LogP contribution in [0.2, 0.25) is 0 Å². The number of aromatic nitrogens is 5. The van der Waals surface area contributed by atoms with Crippen molar-refractivity contribution in [2.24, 2.45) is 0 Å². The Balaban J connectivity index is 1.76. The lowest BCUT2D eigenvalue weighted by atomic mass is 9.98. The smallest absolute Gasteiger partial charge is 0.193 e. The van der Waals surface area contributed by atoms with Gasteiger partial charge < -0.3 is 24.4 Å². The summed E-state index contributed by atoms with van der Waals surface area (Å²) in [6.45, 7) is 5.44. The van der Waals surface area contributed by atoms with E-state index in [1.807, 2.05) is 49.9 Å². The molecule has 0 atom stereocenters. The molecule has 0 unspecified atom stereocenters. The zero-order valence-corrected chi connectivity index (χ0v) is 20.4. The summed E-state index contributed by atoms with van der Waals surface area (Å²) in [6, 6.07) is 8.82. The number of imidazole rings is 1. The number of hydrogen-bond acceptors (Lipinski definition) is 8. The van der Waals surface area contributed by atoms with Gasteiger partial charge >= 0.3 is 0 Å². The first-order valence-corrected chi connectivity index (χ1v) is 11.3. The molecule has 0 bridgehead atoms. The van der Waals surface area contributed by atoms with Crippen LogP contribution in [0.4, 0.5) is 5.69 Å². The molecule has 34 heavy (non-hydrogen) atoms. The molecule has 0 saturated carbocycles. The van der Waals surface area contributed by atoms with Crippen molar-refractivity contribution in [1.82, 2.24) is 24.3 Å². The summed E-state index contributed by atoms with van der Waals surface area (Å²) in [4.78, 5) is 6.19. The van der Waals surface area contributed by atoms with Crippen LogP contribution in [0.3, 0.4) is 0 Å². The Kier molecular flexibility index (Phi) is 6.69. The van der Waals surface area contributed by atoms with Gasteiger partial charge in [0, 0.05) is 38.6 Å². The van der Waals surface area contributed by atoms with Crippen molar-refractivity contribution in [2.45, 2.75) is 31.5 Å². The van der Waals surface area contributed by atoms with E-state index in [0.29, 0.717) is 22.1 Å². The highest BCUT2D eigenvalue weighted by Crippen LogP contribution is 2.39. The first kappa shape index (κ1) is 23.5. The fraction of sp³-hybridized carbons (Fsp3) is 0.292. The van der Waals surface area contributed by atoms with Gasteiger partial charge in [-0.1, -0.05) is 13.8 Å². The molecule has 0 aliphatic rings. The molecule has 178 valence electrons. The van der Waals surface area contributed by atoms with Crippen LogP contribution in [0.5, 0.6) is 17.2 Å². The molecule has 9 nitrogen and oxygen atoms in total. The number of anilines is 1. The monoisotopic (exact) mass is 480 g/mol. The van der Waals surface area contributed by atoms with Gasteiger partial charge in [-0.05, 0) is 35.7 Å². The van der Waals surface area contributed by atoms with Gasteiger partial charge in [-0.25, -0.2) is 4.98 Å². The van der Waals surface area contributed by atoms with Crippen molar-refractivity contribution in [2.75, 3.05) is 25.6 Å². The third-order valence-corrected chi connectivity index (χ3v) is 6.03. The zero-order chi connectivity index (χ0) is 24.4. The van der Waals surface area contributed by atoms with Crippen molar-refractivity contribution in [3.05, 3.63) is 54.6 Å². The first-order chi connectivity index (χ1) is 16.3. The zero-order valence-electron chi connectivity index (χ0n) is 19.5. The number of methoxy groups -OCH3 is 1. The van der Waals surface area contributed by atoms with Crippen LogP contribution < -0.4 is 9.64 Å². The summed E-state index contributed by atoms with van der Waals surface area (Å²) >= 11 is 4.52. The van der Waals surface area contributed by atoms with Crippen LogP contribution in [-0.2, 0) is 6.54 Å². The van der Waals surface area contributed by atoms with Gasteiger partial charge in [-0.15, -0.1) is 22.8 Å². The van der Waals surface area contributed by atoms with E-state index in [-0.39, 0.29) is 17.4 Å². The standard InChI is InChI=1S/C24H28N6O3S/c1-15(2)17-12-18(21(32)13-20(17)31)23-26-27-24(34)30(23)16-5-6-22(33-4)19(11-16)28(3)9-10-29-8-7-25-14-29/h5-8,11-15,31-32H,9-10H2,1-4H3,(H,27,34). The molecule has 0 amide bonds. The highest BCUT2D eigenvalue weighted by Gasteiger charge is 2.21. The number of nitrogens with zero attached hydrogens (tertiary/aromatic N) is 6. The van der Waals surface area contributed by atoms with Crippen LogP contribution in [0.15, 0.2) is 54.2 Å². The maximum Gasteiger partial charge on any atom is 0.193 e. The lowest BCUT2D eigenvalue weighted by Gasteiger charge is -2.23. The number of benzene rings is 2.